The Labute approximate surface area is 262 Å². The highest BCUT2D eigenvalue weighted by atomic mass is 32.1. The predicted octanol–water partition coefficient (Wildman–Crippen LogP) is 12.9. The molecule has 2 nitrogen and oxygen atoms in total. The monoisotopic (exact) mass is 592 g/mol. The van der Waals surface area contributed by atoms with Crippen LogP contribution in [0.4, 0.5) is 0 Å². The fourth-order valence-corrected chi connectivity index (χ4v) is 7.93. The van der Waals surface area contributed by atoms with E-state index in [1.54, 1.807) is 0 Å². The summed E-state index contributed by atoms with van der Waals surface area (Å²) in [6, 6.07) is 52.2. The van der Waals surface area contributed by atoms with Gasteiger partial charge in [0.25, 0.3) is 0 Å². The molecule has 7 aromatic carbocycles. The summed E-state index contributed by atoms with van der Waals surface area (Å²) in [6.45, 7) is 0. The molecule has 0 bridgehead atoms. The molecule has 0 fully saturated rings. The quantitative estimate of drug-likeness (QED) is 0.204. The first-order chi connectivity index (χ1) is 22.2. The van der Waals surface area contributed by atoms with Crippen LogP contribution in [0.5, 0.6) is 0 Å². The molecule has 0 unspecified atom stereocenters. The van der Waals surface area contributed by atoms with Crippen molar-refractivity contribution in [2.24, 2.45) is 0 Å². The van der Waals surface area contributed by atoms with Gasteiger partial charge in [0.2, 0.25) is 0 Å². The van der Waals surface area contributed by atoms with Crippen LogP contribution in [0.2, 0.25) is 0 Å². The summed E-state index contributed by atoms with van der Waals surface area (Å²) in [4.78, 5) is 0. The summed E-state index contributed by atoms with van der Waals surface area (Å²) < 4.78 is 14.9. The Balaban J connectivity index is 1.21. The van der Waals surface area contributed by atoms with Crippen molar-refractivity contribution >= 4 is 75.4 Å². The molecule has 210 valence electrons. The average Bonchev–Trinajstić information content (AvgIpc) is 3.78. The average molecular weight is 593 g/mol. The van der Waals surface area contributed by atoms with E-state index in [0.717, 1.165) is 55.0 Å². The molecule has 10 aromatic rings. The lowest BCUT2D eigenvalue weighted by Gasteiger charge is -2.12. The van der Waals surface area contributed by atoms with Gasteiger partial charge in [-0.1, -0.05) is 72.8 Å². The highest BCUT2D eigenvalue weighted by Crippen LogP contribution is 2.40. The van der Waals surface area contributed by atoms with Crippen molar-refractivity contribution in [2.45, 2.75) is 0 Å². The molecule has 0 aliphatic heterocycles. The zero-order chi connectivity index (χ0) is 29.5. The Morgan fingerprint density at radius 2 is 0.711 bits per heavy atom. The molecule has 45 heavy (non-hydrogen) atoms. The number of furan rings is 2. The molecule has 0 amide bonds. The van der Waals surface area contributed by atoms with Gasteiger partial charge in [-0.15, -0.1) is 11.3 Å². The second-order valence-electron chi connectivity index (χ2n) is 11.7. The lowest BCUT2D eigenvalue weighted by atomic mass is 9.92. The van der Waals surface area contributed by atoms with Crippen LogP contribution in [0, 0.1) is 0 Å². The van der Waals surface area contributed by atoms with Gasteiger partial charge < -0.3 is 8.83 Å². The number of hydrogen-bond acceptors (Lipinski definition) is 3. The Morgan fingerprint density at radius 1 is 0.289 bits per heavy atom. The molecule has 0 saturated carbocycles. The summed E-state index contributed by atoms with van der Waals surface area (Å²) in [5.74, 6) is 0. The molecule has 0 atom stereocenters. The van der Waals surface area contributed by atoms with Gasteiger partial charge in [-0.05, 0) is 106 Å². The van der Waals surface area contributed by atoms with Crippen LogP contribution < -0.4 is 0 Å². The maximum absolute atomic E-state index is 6.16. The molecule has 0 N–H and O–H groups in total. The van der Waals surface area contributed by atoms with E-state index < -0.39 is 0 Å². The van der Waals surface area contributed by atoms with Gasteiger partial charge in [0.05, 0.1) is 0 Å². The highest BCUT2D eigenvalue weighted by Gasteiger charge is 2.14. The van der Waals surface area contributed by atoms with Crippen LogP contribution in [0.15, 0.2) is 154 Å². The Bertz CT molecular complexity index is 2460. The Morgan fingerprint density at radius 3 is 1.29 bits per heavy atom. The van der Waals surface area contributed by atoms with Crippen molar-refractivity contribution in [1.29, 1.82) is 0 Å². The molecule has 0 radical (unpaired) electrons. The number of thiophene rings is 1. The van der Waals surface area contributed by atoms with Gasteiger partial charge in [-0.3, -0.25) is 0 Å². The van der Waals surface area contributed by atoms with E-state index in [0.29, 0.717) is 0 Å². The highest BCUT2D eigenvalue weighted by molar-refractivity contribution is 7.25. The second-order valence-corrected chi connectivity index (χ2v) is 12.8. The van der Waals surface area contributed by atoms with Crippen LogP contribution in [0.25, 0.3) is 97.4 Å². The van der Waals surface area contributed by atoms with Crippen LogP contribution in [0.1, 0.15) is 0 Å². The molecular formula is C42H24O2S. The summed E-state index contributed by atoms with van der Waals surface area (Å²) in [5.41, 5.74) is 10.7. The van der Waals surface area contributed by atoms with Crippen molar-refractivity contribution in [1.82, 2.24) is 0 Å². The minimum Gasteiger partial charge on any atom is -0.456 e. The van der Waals surface area contributed by atoms with E-state index >= 15 is 0 Å². The van der Waals surface area contributed by atoms with Gasteiger partial charge in [0.1, 0.15) is 22.3 Å². The first kappa shape index (κ1) is 24.8. The molecule has 0 saturated heterocycles. The van der Waals surface area contributed by atoms with Crippen molar-refractivity contribution in [3.05, 3.63) is 146 Å². The van der Waals surface area contributed by atoms with E-state index in [4.69, 9.17) is 8.83 Å². The third kappa shape index (κ3) is 3.88. The standard InChI is InChI=1S/C42H24O2S/c1-4-10-37-31(7-1)34-22-25(13-16-39(34)43-37)28-19-29(26-14-17-40-35(23-26)32-8-2-5-11-38(32)44-40)21-30(20-28)27-15-18-42-36(24-27)33-9-3-6-12-41(33)45-42/h1-24H. The number of para-hydroxylation sites is 2. The summed E-state index contributed by atoms with van der Waals surface area (Å²) >= 11 is 1.85. The molecule has 0 aliphatic rings. The van der Waals surface area contributed by atoms with Gasteiger partial charge in [-0.25, -0.2) is 0 Å². The van der Waals surface area contributed by atoms with Crippen molar-refractivity contribution < 1.29 is 8.83 Å². The Hall–Kier alpha value is -5.64. The number of rotatable bonds is 3. The predicted molar refractivity (Wildman–Crippen MR) is 190 cm³/mol. The molecule has 3 aromatic heterocycles. The lowest BCUT2D eigenvalue weighted by molar-refractivity contribution is 0.668. The second kappa shape index (κ2) is 9.43. The summed E-state index contributed by atoms with van der Waals surface area (Å²) in [7, 11) is 0. The number of fused-ring (bicyclic) bond motifs is 9. The fraction of sp³-hybridized carbons (Fsp3) is 0. The number of benzene rings is 7. The summed E-state index contributed by atoms with van der Waals surface area (Å²) in [5, 5.41) is 7.15. The van der Waals surface area contributed by atoms with E-state index in [-0.39, 0.29) is 0 Å². The normalized spacial score (nSPS) is 12.0. The van der Waals surface area contributed by atoms with Gasteiger partial charge >= 0.3 is 0 Å². The van der Waals surface area contributed by atoms with Crippen molar-refractivity contribution in [3.63, 3.8) is 0 Å². The first-order valence-corrected chi connectivity index (χ1v) is 16.0. The zero-order valence-electron chi connectivity index (χ0n) is 24.1. The first-order valence-electron chi connectivity index (χ1n) is 15.2. The van der Waals surface area contributed by atoms with E-state index in [2.05, 4.69) is 121 Å². The molecule has 0 spiro atoms. The van der Waals surface area contributed by atoms with Crippen LogP contribution >= 0.6 is 11.3 Å². The zero-order valence-corrected chi connectivity index (χ0v) is 24.9. The topological polar surface area (TPSA) is 26.3 Å². The SMILES string of the molecule is c1ccc2c(c1)oc1ccc(-c3cc(-c4ccc5oc6ccccc6c5c4)cc(-c4ccc5sc6ccccc6c5c4)c3)cc12. The van der Waals surface area contributed by atoms with E-state index in [1.807, 2.05) is 35.6 Å². The summed E-state index contributed by atoms with van der Waals surface area (Å²) in [6.07, 6.45) is 0. The fourth-order valence-electron chi connectivity index (χ4n) is 6.84. The third-order valence-electron chi connectivity index (χ3n) is 9.06. The largest absolute Gasteiger partial charge is 0.456 e. The third-order valence-corrected chi connectivity index (χ3v) is 10.2. The maximum atomic E-state index is 6.16. The van der Waals surface area contributed by atoms with Gasteiger partial charge in [0, 0.05) is 41.7 Å². The van der Waals surface area contributed by atoms with E-state index in [1.165, 1.54) is 42.4 Å². The smallest absolute Gasteiger partial charge is 0.135 e. The van der Waals surface area contributed by atoms with Gasteiger partial charge in [-0.2, -0.15) is 0 Å². The van der Waals surface area contributed by atoms with E-state index in [9.17, 15) is 0 Å². The molecule has 10 rings (SSSR count). The molecule has 0 aliphatic carbocycles. The Kier molecular flexibility index (Phi) is 5.19. The number of hydrogen-bond donors (Lipinski definition) is 0. The molecular weight excluding hydrogens is 569 g/mol. The molecule has 3 heterocycles. The van der Waals surface area contributed by atoms with Crippen LogP contribution in [-0.2, 0) is 0 Å². The minimum absolute atomic E-state index is 0.906. The van der Waals surface area contributed by atoms with Crippen LogP contribution in [0.3, 0.4) is 0 Å². The minimum atomic E-state index is 0.906. The lowest BCUT2D eigenvalue weighted by Crippen LogP contribution is -1.87. The maximum Gasteiger partial charge on any atom is 0.135 e. The van der Waals surface area contributed by atoms with Gasteiger partial charge in [0.15, 0.2) is 0 Å². The van der Waals surface area contributed by atoms with Crippen molar-refractivity contribution in [3.8, 4) is 33.4 Å². The van der Waals surface area contributed by atoms with Crippen molar-refractivity contribution in [2.75, 3.05) is 0 Å². The van der Waals surface area contributed by atoms with Crippen LogP contribution in [-0.4, -0.2) is 0 Å². The molecule has 3 heteroatoms.